The minimum absolute atomic E-state index is 0.116. The van der Waals surface area contributed by atoms with Crippen LogP contribution < -0.4 is 0 Å². The summed E-state index contributed by atoms with van der Waals surface area (Å²) < 4.78 is 8.25. The number of unbranched alkanes of at least 4 members (excludes halogenated alkanes) is 2. The van der Waals surface area contributed by atoms with Crippen molar-refractivity contribution in [2.45, 2.75) is 93.3 Å². The van der Waals surface area contributed by atoms with E-state index in [1.54, 1.807) is 13.8 Å². The summed E-state index contributed by atoms with van der Waals surface area (Å²) in [6.45, 7) is 15.8. The molecule has 3 nitrogen and oxygen atoms in total. The fourth-order valence-electron chi connectivity index (χ4n) is 0. The van der Waals surface area contributed by atoms with Gasteiger partial charge >= 0.3 is 23.7 Å². The molecular formula is C16H38O3Ti. The van der Waals surface area contributed by atoms with E-state index in [9.17, 15) is 0 Å². The second kappa shape index (κ2) is 42.7. The average molecular weight is 326 g/mol. The van der Waals surface area contributed by atoms with Gasteiger partial charge in [0, 0.05) is 0 Å². The summed E-state index contributed by atoms with van der Waals surface area (Å²) in [7, 11) is 0. The summed E-state index contributed by atoms with van der Waals surface area (Å²) >= 11 is 0.750. The molecule has 4 heteroatoms. The average Bonchev–Trinajstić information content (AvgIpc) is 2.50. The van der Waals surface area contributed by atoms with E-state index in [1.807, 2.05) is 13.8 Å². The summed E-state index contributed by atoms with van der Waals surface area (Å²) in [5.41, 5.74) is 0. The summed E-state index contributed by atoms with van der Waals surface area (Å²) in [5, 5.41) is 16.7. The van der Waals surface area contributed by atoms with Crippen molar-refractivity contribution in [2.24, 2.45) is 0 Å². The van der Waals surface area contributed by atoms with Gasteiger partial charge in [0.2, 0.25) is 0 Å². The summed E-state index contributed by atoms with van der Waals surface area (Å²) in [5.74, 6) is 0. The van der Waals surface area contributed by atoms with Crippen molar-refractivity contribution in [3.05, 3.63) is 12.8 Å². The van der Waals surface area contributed by atoms with Crippen LogP contribution in [-0.2, 0) is 23.7 Å². The molecule has 0 amide bonds. The first-order chi connectivity index (χ1) is 9.37. The Morgan fingerprint density at radius 2 is 0.900 bits per heavy atom. The van der Waals surface area contributed by atoms with Gasteiger partial charge < -0.3 is 23.1 Å². The molecule has 0 aliphatic heterocycles. The van der Waals surface area contributed by atoms with Crippen molar-refractivity contribution >= 4 is 0 Å². The Labute approximate surface area is 140 Å². The first kappa shape index (κ1) is 32.4. The second-order valence-electron chi connectivity index (χ2n) is 4.15. The molecule has 0 aromatic heterocycles. The van der Waals surface area contributed by atoms with E-state index in [0.29, 0.717) is 0 Å². The first-order valence-corrected chi connectivity index (χ1v) is 8.13. The molecule has 0 saturated carbocycles. The van der Waals surface area contributed by atoms with Crippen molar-refractivity contribution in [3.63, 3.8) is 0 Å². The number of aliphatic hydroxyl groups is 2. The molecule has 0 saturated heterocycles. The molecule has 124 valence electrons. The molecule has 0 aromatic rings. The van der Waals surface area contributed by atoms with Crippen molar-refractivity contribution in [1.29, 1.82) is 0 Å². The topological polar surface area (TPSA) is 57.5 Å². The molecular weight excluding hydrogens is 288 g/mol. The van der Waals surface area contributed by atoms with Crippen LogP contribution in [-0.4, -0.2) is 22.4 Å². The molecule has 0 bridgehead atoms. The van der Waals surface area contributed by atoms with E-state index in [2.05, 4.69) is 40.5 Å². The van der Waals surface area contributed by atoms with E-state index in [1.165, 1.54) is 12.8 Å². The molecule has 2 atom stereocenters. The molecule has 2 unspecified atom stereocenters. The number of hydrogen-bond donors (Lipinski definition) is 2. The Morgan fingerprint density at radius 3 is 0.900 bits per heavy atom. The van der Waals surface area contributed by atoms with Gasteiger partial charge in [-0.1, -0.05) is 27.7 Å². The molecule has 0 aliphatic carbocycles. The van der Waals surface area contributed by atoms with Gasteiger partial charge in [0.1, 0.15) is 0 Å². The van der Waals surface area contributed by atoms with Crippen molar-refractivity contribution in [3.8, 4) is 0 Å². The molecule has 0 heterocycles. The van der Waals surface area contributed by atoms with Gasteiger partial charge in [-0.2, -0.15) is 26.7 Å². The van der Waals surface area contributed by atoms with Crippen LogP contribution >= 0.6 is 0 Å². The van der Waals surface area contributed by atoms with Crippen LogP contribution in [0.3, 0.4) is 0 Å². The molecule has 20 heavy (non-hydrogen) atoms. The van der Waals surface area contributed by atoms with Crippen molar-refractivity contribution < 1.29 is 33.9 Å². The third kappa shape index (κ3) is 135. The molecule has 0 fully saturated rings. The fraction of sp³-hybridized carbons (Fsp3) is 0.875. The molecule has 0 radical (unpaired) electrons. The molecule has 2 N–H and O–H groups in total. The van der Waals surface area contributed by atoms with Gasteiger partial charge in [-0.3, -0.25) is 0 Å². The summed E-state index contributed by atoms with van der Waals surface area (Å²) in [4.78, 5) is 0. The zero-order valence-electron chi connectivity index (χ0n) is 14.9. The summed E-state index contributed by atoms with van der Waals surface area (Å²) in [6.07, 6.45) is 8.13. The number of hydrogen-bond acceptors (Lipinski definition) is 3. The quantitative estimate of drug-likeness (QED) is 0.583. The van der Waals surface area contributed by atoms with Crippen LogP contribution in [0.5, 0.6) is 0 Å². The summed E-state index contributed by atoms with van der Waals surface area (Å²) in [6, 6.07) is 0. The standard InChI is InChI=1S/2C4H10O.2C4H9.O.Ti/c2*1-3-4(2)5;2*1-3-4-2;;/h2*4-5H,3H2,1-2H3;2*3H,4H2,1-2H3;;/q;;2*-1;;+2. The SMILES string of the molecule is CCC(C)O.CCC(C)O.C[CH-]CC.C[CH-]CC.[O]=[Ti+2]. The van der Waals surface area contributed by atoms with E-state index in [4.69, 9.17) is 13.5 Å². The zero-order valence-corrected chi connectivity index (χ0v) is 16.5. The van der Waals surface area contributed by atoms with E-state index >= 15 is 0 Å². The van der Waals surface area contributed by atoms with Gasteiger partial charge in [0.25, 0.3) is 0 Å². The maximum absolute atomic E-state index is 8.36. The molecule has 0 aliphatic rings. The van der Waals surface area contributed by atoms with Crippen LogP contribution in [0.1, 0.15) is 81.1 Å². The van der Waals surface area contributed by atoms with Crippen LogP contribution in [0.2, 0.25) is 0 Å². The Bertz CT molecular complexity index is 93.9. The fourth-order valence-corrected chi connectivity index (χ4v) is 0. The second-order valence-corrected chi connectivity index (χ2v) is 4.15. The first-order valence-electron chi connectivity index (χ1n) is 7.49. The molecule has 0 spiro atoms. The zero-order chi connectivity index (χ0) is 17.4. The van der Waals surface area contributed by atoms with Gasteiger partial charge in [0.05, 0.1) is 12.2 Å². The molecule has 0 aromatic carbocycles. The van der Waals surface area contributed by atoms with Crippen LogP contribution in [0.25, 0.3) is 0 Å². The van der Waals surface area contributed by atoms with Crippen LogP contribution in [0.4, 0.5) is 0 Å². The van der Waals surface area contributed by atoms with Crippen molar-refractivity contribution in [1.82, 2.24) is 0 Å². The third-order valence-corrected chi connectivity index (χ3v) is 2.00. The van der Waals surface area contributed by atoms with Gasteiger partial charge in [-0.15, -0.1) is 0 Å². The predicted octanol–water partition coefficient (Wildman–Crippen LogP) is 4.67. The third-order valence-electron chi connectivity index (χ3n) is 2.00. The van der Waals surface area contributed by atoms with Gasteiger partial charge in [-0.05, 0) is 26.7 Å². The number of aliphatic hydroxyl groups excluding tert-OH is 2. The normalized spacial score (nSPS) is 10.8. The number of rotatable bonds is 4. The van der Waals surface area contributed by atoms with E-state index in [-0.39, 0.29) is 12.2 Å². The van der Waals surface area contributed by atoms with E-state index in [0.717, 1.165) is 33.2 Å². The maximum atomic E-state index is 8.36. The monoisotopic (exact) mass is 326 g/mol. The van der Waals surface area contributed by atoms with Crippen molar-refractivity contribution in [2.75, 3.05) is 0 Å². The Hall–Kier alpha value is 0.434. The predicted molar refractivity (Wildman–Crippen MR) is 85.2 cm³/mol. The Kier molecular flexibility index (Phi) is 69.2. The van der Waals surface area contributed by atoms with Gasteiger partial charge in [-0.25, -0.2) is 0 Å². The van der Waals surface area contributed by atoms with Gasteiger partial charge in [0.15, 0.2) is 0 Å². The Balaban J connectivity index is -0.0000000482. The molecule has 0 rings (SSSR count). The Morgan fingerprint density at radius 1 is 0.800 bits per heavy atom. The van der Waals surface area contributed by atoms with E-state index < -0.39 is 0 Å². The van der Waals surface area contributed by atoms with Crippen LogP contribution in [0, 0.1) is 12.8 Å². The van der Waals surface area contributed by atoms with Crippen LogP contribution in [0.15, 0.2) is 0 Å². The minimum atomic E-state index is -0.116.